The summed E-state index contributed by atoms with van der Waals surface area (Å²) in [7, 11) is 0. The summed E-state index contributed by atoms with van der Waals surface area (Å²) in [6, 6.07) is 0. The number of rotatable bonds is 40. The molecule has 0 bridgehead atoms. The van der Waals surface area contributed by atoms with Crippen molar-refractivity contribution in [3.8, 4) is 0 Å². The molecule has 0 heterocycles. The van der Waals surface area contributed by atoms with Crippen molar-refractivity contribution in [1.29, 1.82) is 0 Å². The van der Waals surface area contributed by atoms with Crippen LogP contribution in [0.1, 0.15) is 90.4 Å². The Kier molecular flexibility index (Phi) is 42.7. The molecular weight excluding hydrogens is 667 g/mol. The summed E-state index contributed by atoms with van der Waals surface area (Å²) in [5.74, 6) is 0. The molecule has 0 rings (SSSR count). The van der Waals surface area contributed by atoms with Gasteiger partial charge in [-0.15, -0.1) is 0 Å². The van der Waals surface area contributed by atoms with E-state index in [9.17, 15) is 0 Å². The lowest BCUT2D eigenvalue weighted by atomic mass is 10.0. The first-order chi connectivity index (χ1) is 21.4. The van der Waals surface area contributed by atoms with E-state index in [0.29, 0.717) is 106 Å². The normalized spacial score (nSPS) is 11.6. The van der Waals surface area contributed by atoms with Crippen LogP contribution in [0.2, 0.25) is 0 Å². The molecule has 0 aliphatic carbocycles. The van der Waals surface area contributed by atoms with Gasteiger partial charge in [0.15, 0.2) is 0 Å². The molecule has 0 atom stereocenters. The molecule has 0 aromatic heterocycles. The van der Waals surface area contributed by atoms with Crippen LogP contribution in [0.4, 0.5) is 0 Å². The van der Waals surface area contributed by atoms with E-state index in [-0.39, 0.29) is 0 Å². The maximum Gasteiger partial charge on any atom is 0.0701 e. The molecule has 0 saturated carbocycles. The molecule has 0 N–H and O–H groups in total. The average molecular weight is 735 g/mol. The third-order valence-corrected chi connectivity index (χ3v) is 7.03. The number of hydrogen-bond donors (Lipinski definition) is 0. The Bertz CT molecular complexity index is 438. The van der Waals surface area contributed by atoms with Crippen LogP contribution in [0.25, 0.3) is 0 Å². The SMILES string of the molecule is CCCCCCCCCCCCCCCOCCOCCOCCOCCOCCOCCOCCOCCOCCI. The molecule has 0 fully saturated rings. The quantitative estimate of drug-likeness (QED) is 0.0390. The van der Waals surface area contributed by atoms with Crippen LogP contribution in [-0.4, -0.2) is 123 Å². The smallest absolute Gasteiger partial charge is 0.0701 e. The van der Waals surface area contributed by atoms with Gasteiger partial charge >= 0.3 is 0 Å². The van der Waals surface area contributed by atoms with Gasteiger partial charge in [-0.05, 0) is 6.42 Å². The minimum atomic E-state index is 0.542. The fourth-order valence-electron chi connectivity index (χ4n) is 4.14. The molecule has 10 heteroatoms. The lowest BCUT2D eigenvalue weighted by Gasteiger charge is -2.09. The van der Waals surface area contributed by atoms with Gasteiger partial charge < -0.3 is 42.6 Å². The number of unbranched alkanes of at least 4 members (excludes halogenated alkanes) is 12. The number of alkyl halides is 1. The third kappa shape index (κ3) is 42.4. The fourth-order valence-corrected chi connectivity index (χ4v) is 4.45. The second-order valence-corrected chi connectivity index (χ2v) is 11.5. The van der Waals surface area contributed by atoms with Gasteiger partial charge in [-0.1, -0.05) is 107 Å². The summed E-state index contributed by atoms with van der Waals surface area (Å²) >= 11 is 2.28. The molecule has 9 nitrogen and oxygen atoms in total. The lowest BCUT2D eigenvalue weighted by Crippen LogP contribution is -2.15. The fraction of sp³-hybridized carbons (Fsp3) is 1.00. The molecule has 0 aliphatic rings. The Labute approximate surface area is 278 Å². The van der Waals surface area contributed by atoms with Crippen molar-refractivity contribution < 1.29 is 42.6 Å². The van der Waals surface area contributed by atoms with Gasteiger partial charge in [-0.2, -0.15) is 0 Å². The minimum absolute atomic E-state index is 0.542. The molecule has 0 aliphatic heterocycles. The Balaban J connectivity index is 3.02. The Morgan fingerprint density at radius 2 is 0.465 bits per heavy atom. The van der Waals surface area contributed by atoms with Gasteiger partial charge in [0, 0.05) is 11.0 Å². The van der Waals surface area contributed by atoms with Crippen molar-refractivity contribution in [3.05, 3.63) is 0 Å². The molecule has 260 valence electrons. The summed E-state index contributed by atoms with van der Waals surface area (Å²) in [5.41, 5.74) is 0. The lowest BCUT2D eigenvalue weighted by molar-refractivity contribution is -0.0248. The summed E-state index contributed by atoms with van der Waals surface area (Å²) < 4.78 is 50.4. The van der Waals surface area contributed by atoms with Gasteiger partial charge in [0.05, 0.1) is 112 Å². The van der Waals surface area contributed by atoms with E-state index >= 15 is 0 Å². The van der Waals surface area contributed by atoms with Crippen molar-refractivity contribution in [2.24, 2.45) is 0 Å². The third-order valence-electron chi connectivity index (χ3n) is 6.59. The van der Waals surface area contributed by atoms with Crippen LogP contribution in [0.15, 0.2) is 0 Å². The first kappa shape index (κ1) is 43.4. The van der Waals surface area contributed by atoms with Gasteiger partial charge in [-0.25, -0.2) is 0 Å². The minimum Gasteiger partial charge on any atom is -0.379 e. The second-order valence-electron chi connectivity index (χ2n) is 10.4. The molecule has 0 aromatic rings. The van der Waals surface area contributed by atoms with E-state index in [1.807, 2.05) is 0 Å². The first-order valence-electron chi connectivity index (χ1n) is 17.2. The molecule has 0 unspecified atom stereocenters. The second kappa shape index (κ2) is 42.4. The topological polar surface area (TPSA) is 83.1 Å². The summed E-state index contributed by atoms with van der Waals surface area (Å²) in [6.45, 7) is 13.1. The van der Waals surface area contributed by atoms with Gasteiger partial charge in [0.2, 0.25) is 0 Å². The highest BCUT2D eigenvalue weighted by atomic mass is 127. The van der Waals surface area contributed by atoms with Crippen molar-refractivity contribution in [1.82, 2.24) is 0 Å². The summed E-state index contributed by atoms with van der Waals surface area (Å²) in [5, 5.41) is 0. The highest BCUT2D eigenvalue weighted by molar-refractivity contribution is 14.1. The summed E-state index contributed by atoms with van der Waals surface area (Å²) in [6.07, 6.45) is 17.8. The number of hydrogen-bond acceptors (Lipinski definition) is 9. The maximum absolute atomic E-state index is 5.67. The van der Waals surface area contributed by atoms with E-state index in [4.69, 9.17) is 42.6 Å². The Morgan fingerprint density at radius 3 is 0.721 bits per heavy atom. The first-order valence-corrected chi connectivity index (χ1v) is 18.7. The molecule has 43 heavy (non-hydrogen) atoms. The monoisotopic (exact) mass is 734 g/mol. The van der Waals surface area contributed by atoms with Gasteiger partial charge in [0.25, 0.3) is 0 Å². The van der Waals surface area contributed by atoms with Crippen molar-refractivity contribution in [2.45, 2.75) is 90.4 Å². The number of ether oxygens (including phenoxy) is 9. The molecule has 0 radical (unpaired) electrons. The van der Waals surface area contributed by atoms with Crippen molar-refractivity contribution in [3.63, 3.8) is 0 Å². The van der Waals surface area contributed by atoms with Crippen molar-refractivity contribution in [2.75, 3.05) is 123 Å². The van der Waals surface area contributed by atoms with Crippen molar-refractivity contribution >= 4 is 22.6 Å². The van der Waals surface area contributed by atoms with Crippen LogP contribution in [-0.2, 0) is 42.6 Å². The predicted octanol–water partition coefficient (Wildman–Crippen LogP) is 6.66. The van der Waals surface area contributed by atoms with Crippen LogP contribution < -0.4 is 0 Å². The molecule has 0 aromatic carbocycles. The highest BCUT2D eigenvalue weighted by Gasteiger charge is 1.97. The van der Waals surface area contributed by atoms with E-state index in [2.05, 4.69) is 29.5 Å². The largest absolute Gasteiger partial charge is 0.379 e. The van der Waals surface area contributed by atoms with Gasteiger partial charge in [0.1, 0.15) is 0 Å². The van der Waals surface area contributed by atoms with E-state index in [1.165, 1.54) is 77.0 Å². The standard InChI is InChI=1S/C33H67IO9/c1-2-3-4-5-6-7-8-9-10-11-12-13-14-16-35-18-20-37-22-24-39-26-28-41-30-32-43-33-31-42-29-27-40-25-23-38-21-19-36-17-15-34/h2-33H2,1H3. The zero-order valence-electron chi connectivity index (χ0n) is 27.7. The average Bonchev–Trinajstić information content (AvgIpc) is 3.02. The van der Waals surface area contributed by atoms with Crippen LogP contribution in [0, 0.1) is 0 Å². The predicted molar refractivity (Wildman–Crippen MR) is 182 cm³/mol. The van der Waals surface area contributed by atoms with Crippen LogP contribution in [0.3, 0.4) is 0 Å². The molecular formula is C33H67IO9. The Hall–Kier alpha value is 0.370. The van der Waals surface area contributed by atoms with E-state index in [1.54, 1.807) is 0 Å². The zero-order valence-corrected chi connectivity index (χ0v) is 29.8. The molecule has 0 saturated heterocycles. The van der Waals surface area contributed by atoms with Gasteiger partial charge in [-0.3, -0.25) is 0 Å². The maximum atomic E-state index is 5.67. The molecule has 0 amide bonds. The van der Waals surface area contributed by atoms with Crippen LogP contribution in [0.5, 0.6) is 0 Å². The zero-order chi connectivity index (χ0) is 31.0. The van der Waals surface area contributed by atoms with E-state index < -0.39 is 0 Å². The Morgan fingerprint density at radius 1 is 0.256 bits per heavy atom. The highest BCUT2D eigenvalue weighted by Crippen LogP contribution is 2.12. The van der Waals surface area contributed by atoms with E-state index in [0.717, 1.165) is 24.1 Å². The summed E-state index contributed by atoms with van der Waals surface area (Å²) in [4.78, 5) is 0. The van der Waals surface area contributed by atoms with Crippen LogP contribution >= 0.6 is 22.6 Å². The molecule has 0 spiro atoms. The number of halogens is 1.